The summed E-state index contributed by atoms with van der Waals surface area (Å²) in [6, 6.07) is 0.746. The summed E-state index contributed by atoms with van der Waals surface area (Å²) in [7, 11) is 0. The van der Waals surface area contributed by atoms with Crippen LogP contribution in [0.15, 0.2) is 0 Å². The highest BCUT2D eigenvalue weighted by Crippen LogP contribution is 2.16. The van der Waals surface area contributed by atoms with Crippen LogP contribution in [0, 0.1) is 0 Å². The summed E-state index contributed by atoms with van der Waals surface area (Å²) >= 11 is 0. The van der Waals surface area contributed by atoms with E-state index >= 15 is 0 Å². The van der Waals surface area contributed by atoms with Gasteiger partial charge in [0.15, 0.2) is 0 Å². The fourth-order valence-corrected chi connectivity index (χ4v) is 1.59. The molecule has 0 amide bonds. The molecule has 0 heterocycles. The van der Waals surface area contributed by atoms with Gasteiger partial charge in [-0.1, -0.05) is 26.2 Å². The Balaban J connectivity index is 1.96. The molecule has 0 spiro atoms. The molecule has 1 aliphatic carbocycles. The lowest BCUT2D eigenvalue weighted by atomic mass is 9.96. The van der Waals surface area contributed by atoms with Gasteiger partial charge in [-0.25, -0.2) is 0 Å². The predicted molar refractivity (Wildman–Crippen MR) is 48.3 cm³/mol. The summed E-state index contributed by atoms with van der Waals surface area (Å²) in [5, 5.41) is 0. The number of hydrogen-bond donors (Lipinski definition) is 2. The second-order valence-electron chi connectivity index (χ2n) is 3.41. The smallest absolute Gasteiger partial charge is 0.0212 e. The SMILES string of the molecule is CCCNNC1CCCCC1. The molecule has 1 saturated carbocycles. The summed E-state index contributed by atoms with van der Waals surface area (Å²) in [5.74, 6) is 0. The largest absolute Gasteiger partial charge is 0.258 e. The van der Waals surface area contributed by atoms with Crippen LogP contribution in [0.4, 0.5) is 0 Å². The Morgan fingerprint density at radius 1 is 1.18 bits per heavy atom. The first kappa shape index (κ1) is 9.01. The van der Waals surface area contributed by atoms with Gasteiger partial charge in [0.25, 0.3) is 0 Å². The van der Waals surface area contributed by atoms with Crippen molar-refractivity contribution in [2.75, 3.05) is 6.54 Å². The number of rotatable bonds is 4. The molecule has 0 saturated heterocycles. The first-order valence-electron chi connectivity index (χ1n) is 4.92. The van der Waals surface area contributed by atoms with E-state index in [4.69, 9.17) is 0 Å². The van der Waals surface area contributed by atoms with E-state index in [0.717, 1.165) is 12.6 Å². The fraction of sp³-hybridized carbons (Fsp3) is 1.00. The van der Waals surface area contributed by atoms with Gasteiger partial charge in [0, 0.05) is 12.6 Å². The molecule has 66 valence electrons. The average Bonchev–Trinajstić information content (AvgIpc) is 2.07. The summed E-state index contributed by atoms with van der Waals surface area (Å²) in [6.45, 7) is 3.28. The molecule has 0 aromatic carbocycles. The third-order valence-corrected chi connectivity index (χ3v) is 2.29. The number of hydrazine groups is 1. The molecule has 2 N–H and O–H groups in total. The molecule has 0 aromatic heterocycles. The van der Waals surface area contributed by atoms with Crippen LogP contribution in [-0.2, 0) is 0 Å². The summed E-state index contributed by atoms with van der Waals surface area (Å²) in [6.07, 6.45) is 8.18. The molecule has 0 aromatic rings. The van der Waals surface area contributed by atoms with Crippen LogP contribution in [0.2, 0.25) is 0 Å². The monoisotopic (exact) mass is 156 g/mol. The van der Waals surface area contributed by atoms with Crippen molar-refractivity contribution in [1.29, 1.82) is 0 Å². The molecule has 0 unspecified atom stereocenters. The predicted octanol–water partition coefficient (Wildman–Crippen LogP) is 1.82. The summed E-state index contributed by atoms with van der Waals surface area (Å²) in [4.78, 5) is 0. The van der Waals surface area contributed by atoms with Crippen LogP contribution < -0.4 is 10.9 Å². The van der Waals surface area contributed by atoms with Crippen LogP contribution in [0.1, 0.15) is 45.4 Å². The molecule has 1 rings (SSSR count). The van der Waals surface area contributed by atoms with E-state index < -0.39 is 0 Å². The highest BCUT2D eigenvalue weighted by molar-refractivity contribution is 4.69. The molecule has 0 radical (unpaired) electrons. The van der Waals surface area contributed by atoms with Crippen molar-refractivity contribution in [2.45, 2.75) is 51.5 Å². The van der Waals surface area contributed by atoms with Crippen molar-refractivity contribution in [1.82, 2.24) is 10.9 Å². The topological polar surface area (TPSA) is 24.1 Å². The lowest BCUT2D eigenvalue weighted by Gasteiger charge is -2.22. The van der Waals surface area contributed by atoms with Gasteiger partial charge in [-0.15, -0.1) is 0 Å². The highest BCUT2D eigenvalue weighted by Gasteiger charge is 2.11. The van der Waals surface area contributed by atoms with Gasteiger partial charge in [0.2, 0.25) is 0 Å². The third kappa shape index (κ3) is 3.73. The Morgan fingerprint density at radius 3 is 2.55 bits per heavy atom. The minimum absolute atomic E-state index is 0.746. The quantitative estimate of drug-likeness (QED) is 0.479. The van der Waals surface area contributed by atoms with E-state index in [-0.39, 0.29) is 0 Å². The van der Waals surface area contributed by atoms with E-state index in [1.807, 2.05) is 0 Å². The molecule has 1 fully saturated rings. The Labute approximate surface area is 69.7 Å². The van der Waals surface area contributed by atoms with E-state index in [1.165, 1.54) is 38.5 Å². The Kier molecular flexibility index (Phi) is 4.55. The van der Waals surface area contributed by atoms with Gasteiger partial charge in [0.05, 0.1) is 0 Å². The van der Waals surface area contributed by atoms with E-state index in [0.29, 0.717) is 0 Å². The van der Waals surface area contributed by atoms with Crippen LogP contribution in [0.25, 0.3) is 0 Å². The zero-order valence-electron chi connectivity index (χ0n) is 7.53. The van der Waals surface area contributed by atoms with Crippen molar-refractivity contribution >= 4 is 0 Å². The molecule has 0 atom stereocenters. The zero-order chi connectivity index (χ0) is 7.94. The molecule has 11 heavy (non-hydrogen) atoms. The van der Waals surface area contributed by atoms with E-state index in [1.54, 1.807) is 0 Å². The van der Waals surface area contributed by atoms with Gasteiger partial charge in [-0.3, -0.25) is 10.9 Å². The first-order chi connectivity index (χ1) is 5.43. The maximum Gasteiger partial charge on any atom is 0.0212 e. The molecule has 2 nitrogen and oxygen atoms in total. The van der Waals surface area contributed by atoms with Crippen molar-refractivity contribution in [2.24, 2.45) is 0 Å². The van der Waals surface area contributed by atoms with Crippen molar-refractivity contribution < 1.29 is 0 Å². The van der Waals surface area contributed by atoms with Gasteiger partial charge in [0.1, 0.15) is 0 Å². The fourth-order valence-electron chi connectivity index (χ4n) is 1.59. The molecular weight excluding hydrogens is 136 g/mol. The van der Waals surface area contributed by atoms with Crippen LogP contribution in [0.3, 0.4) is 0 Å². The standard InChI is InChI=1S/C9H20N2/c1-2-8-10-11-9-6-4-3-5-7-9/h9-11H,2-8H2,1H3. The van der Waals surface area contributed by atoms with Crippen LogP contribution >= 0.6 is 0 Å². The van der Waals surface area contributed by atoms with Gasteiger partial charge in [-0.2, -0.15) is 0 Å². The lowest BCUT2D eigenvalue weighted by molar-refractivity contribution is 0.334. The van der Waals surface area contributed by atoms with E-state index in [9.17, 15) is 0 Å². The average molecular weight is 156 g/mol. The Morgan fingerprint density at radius 2 is 1.91 bits per heavy atom. The van der Waals surface area contributed by atoms with Crippen LogP contribution in [0.5, 0.6) is 0 Å². The number of nitrogens with one attached hydrogen (secondary N) is 2. The van der Waals surface area contributed by atoms with Crippen molar-refractivity contribution in [3.8, 4) is 0 Å². The van der Waals surface area contributed by atoms with Crippen LogP contribution in [-0.4, -0.2) is 12.6 Å². The van der Waals surface area contributed by atoms with Crippen molar-refractivity contribution in [3.63, 3.8) is 0 Å². The molecular formula is C9H20N2. The third-order valence-electron chi connectivity index (χ3n) is 2.29. The maximum atomic E-state index is 3.37. The Hall–Kier alpha value is -0.0800. The molecule has 1 aliphatic rings. The highest BCUT2D eigenvalue weighted by atomic mass is 15.4. The maximum absolute atomic E-state index is 3.37. The second kappa shape index (κ2) is 5.56. The van der Waals surface area contributed by atoms with Crippen molar-refractivity contribution in [3.05, 3.63) is 0 Å². The summed E-state index contributed by atoms with van der Waals surface area (Å²) in [5.41, 5.74) is 6.63. The zero-order valence-corrected chi connectivity index (χ0v) is 7.53. The molecule has 0 aliphatic heterocycles. The van der Waals surface area contributed by atoms with Gasteiger partial charge < -0.3 is 0 Å². The molecule has 2 heteroatoms. The molecule has 0 bridgehead atoms. The van der Waals surface area contributed by atoms with Gasteiger partial charge >= 0.3 is 0 Å². The lowest BCUT2D eigenvalue weighted by Crippen LogP contribution is -2.42. The van der Waals surface area contributed by atoms with E-state index in [2.05, 4.69) is 17.8 Å². The normalized spacial score (nSPS) is 20.5. The first-order valence-corrected chi connectivity index (χ1v) is 4.92. The second-order valence-corrected chi connectivity index (χ2v) is 3.41. The van der Waals surface area contributed by atoms with Gasteiger partial charge in [-0.05, 0) is 19.3 Å². The summed E-state index contributed by atoms with van der Waals surface area (Å²) < 4.78 is 0. The number of hydrogen-bond acceptors (Lipinski definition) is 2. The minimum atomic E-state index is 0.746. The Bertz CT molecular complexity index is 87.6. The minimum Gasteiger partial charge on any atom is -0.258 e.